The molecular weight excluding hydrogens is 374 g/mol. The summed E-state index contributed by atoms with van der Waals surface area (Å²) in [5, 5.41) is 0. The predicted octanol–water partition coefficient (Wildman–Crippen LogP) is 3.54. The van der Waals surface area contributed by atoms with Crippen molar-refractivity contribution in [2.24, 2.45) is 0 Å². The highest BCUT2D eigenvalue weighted by Crippen LogP contribution is 2.40. The Morgan fingerprint density at radius 1 is 1.03 bits per heavy atom. The molecule has 162 valence electrons. The number of rotatable bonds is 6. The van der Waals surface area contributed by atoms with Gasteiger partial charge in [-0.25, -0.2) is 4.79 Å². The van der Waals surface area contributed by atoms with Gasteiger partial charge in [-0.1, -0.05) is 0 Å². The second-order valence-corrected chi connectivity index (χ2v) is 8.26. The van der Waals surface area contributed by atoms with E-state index in [2.05, 4.69) is 0 Å². The van der Waals surface area contributed by atoms with Crippen molar-refractivity contribution in [2.45, 2.75) is 64.5 Å². The molecule has 1 aromatic rings. The average molecular weight is 408 g/mol. The van der Waals surface area contributed by atoms with Gasteiger partial charge in [0.15, 0.2) is 11.5 Å². The highest BCUT2D eigenvalue weighted by atomic mass is 16.6. The molecule has 1 amide bonds. The largest absolute Gasteiger partial charge is 0.493 e. The Hall–Kier alpha value is -2.44. The molecule has 1 aliphatic rings. The number of hydrogen-bond donors (Lipinski definition) is 0. The lowest BCUT2D eigenvalue weighted by Crippen LogP contribution is -2.51. The fourth-order valence-electron chi connectivity index (χ4n) is 3.55. The van der Waals surface area contributed by atoms with Crippen molar-refractivity contribution in [1.29, 1.82) is 0 Å². The fraction of sp³-hybridized carbons (Fsp3) is 0.636. The number of piperidine rings is 1. The molecule has 1 aliphatic heterocycles. The zero-order chi connectivity index (χ0) is 21.8. The molecule has 0 N–H and O–H groups in total. The van der Waals surface area contributed by atoms with Gasteiger partial charge < -0.3 is 23.8 Å². The van der Waals surface area contributed by atoms with Gasteiger partial charge in [0, 0.05) is 6.54 Å². The molecule has 7 nitrogen and oxygen atoms in total. The van der Waals surface area contributed by atoms with E-state index in [0.29, 0.717) is 30.2 Å². The number of esters is 1. The minimum Gasteiger partial charge on any atom is -0.493 e. The zero-order valence-electron chi connectivity index (χ0n) is 18.5. The number of likely N-dealkylation sites (tertiary alicyclic amines) is 1. The fourth-order valence-corrected chi connectivity index (χ4v) is 3.55. The second-order valence-electron chi connectivity index (χ2n) is 8.26. The van der Waals surface area contributed by atoms with Crippen molar-refractivity contribution < 1.29 is 28.5 Å². The summed E-state index contributed by atoms with van der Waals surface area (Å²) in [5.41, 5.74) is 0.143. The number of amides is 1. The second kappa shape index (κ2) is 9.37. The van der Waals surface area contributed by atoms with Gasteiger partial charge in [-0.2, -0.15) is 0 Å². The highest BCUT2D eigenvalue weighted by Gasteiger charge is 2.37. The van der Waals surface area contributed by atoms with Crippen molar-refractivity contribution >= 4 is 11.9 Å². The number of methoxy groups -OCH3 is 3. The average Bonchev–Trinajstić information content (AvgIpc) is 2.70. The molecule has 7 heteroatoms. The van der Waals surface area contributed by atoms with Crippen LogP contribution in [-0.2, 0) is 14.3 Å². The lowest BCUT2D eigenvalue weighted by atomic mass is 9.95. The molecule has 0 radical (unpaired) electrons. The van der Waals surface area contributed by atoms with Gasteiger partial charge in [0.1, 0.15) is 11.6 Å². The molecule has 0 aromatic heterocycles. The van der Waals surface area contributed by atoms with Crippen molar-refractivity contribution in [3.8, 4) is 17.2 Å². The van der Waals surface area contributed by atoms with Crippen LogP contribution in [0.3, 0.4) is 0 Å². The number of nitrogens with zero attached hydrogens (tertiary/aromatic N) is 1. The standard InChI is InChI=1S/C22H33NO6/c1-14(15-12-17(26-5)19(28-7)18(13-15)27-6)20(24)23-11-9-8-10-16(23)21(25)29-22(2,3)4/h12-14,16H,8-11H2,1-7H3/t14-,16-/m0/s1. The monoisotopic (exact) mass is 407 g/mol. The van der Waals surface area contributed by atoms with E-state index in [-0.39, 0.29) is 11.9 Å². The van der Waals surface area contributed by atoms with Crippen LogP contribution < -0.4 is 14.2 Å². The van der Waals surface area contributed by atoms with Crippen LogP contribution in [0, 0.1) is 0 Å². The van der Waals surface area contributed by atoms with Gasteiger partial charge in [0.05, 0.1) is 27.2 Å². The van der Waals surface area contributed by atoms with E-state index in [4.69, 9.17) is 18.9 Å². The molecule has 1 heterocycles. The summed E-state index contributed by atoms with van der Waals surface area (Å²) in [5.74, 6) is 0.514. The normalized spacial score (nSPS) is 18.0. The topological polar surface area (TPSA) is 74.3 Å². The van der Waals surface area contributed by atoms with Gasteiger partial charge in [0.25, 0.3) is 0 Å². The lowest BCUT2D eigenvalue weighted by Gasteiger charge is -2.37. The van der Waals surface area contributed by atoms with E-state index in [1.54, 1.807) is 17.0 Å². The Labute approximate surface area is 173 Å². The van der Waals surface area contributed by atoms with Crippen LogP contribution in [-0.4, -0.2) is 56.3 Å². The molecule has 2 atom stereocenters. The first-order chi connectivity index (χ1) is 13.6. The molecular formula is C22H33NO6. The minimum atomic E-state index is -0.592. The van der Waals surface area contributed by atoms with Gasteiger partial charge in [-0.3, -0.25) is 4.79 Å². The number of carbonyl (C=O) groups is 2. The number of hydrogen-bond acceptors (Lipinski definition) is 6. The minimum absolute atomic E-state index is 0.116. The number of carbonyl (C=O) groups excluding carboxylic acids is 2. The van der Waals surface area contributed by atoms with Crippen molar-refractivity contribution in [1.82, 2.24) is 4.90 Å². The maximum atomic E-state index is 13.3. The van der Waals surface area contributed by atoms with Crippen LogP contribution in [0.4, 0.5) is 0 Å². The summed E-state index contributed by atoms with van der Waals surface area (Å²) in [6, 6.07) is 2.99. The third kappa shape index (κ3) is 5.34. The van der Waals surface area contributed by atoms with Crippen LogP contribution >= 0.6 is 0 Å². The Balaban J connectivity index is 2.30. The smallest absolute Gasteiger partial charge is 0.329 e. The summed E-state index contributed by atoms with van der Waals surface area (Å²) < 4.78 is 21.7. The first-order valence-electron chi connectivity index (χ1n) is 9.96. The molecule has 0 spiro atoms. The van der Waals surface area contributed by atoms with Gasteiger partial charge >= 0.3 is 5.97 Å². The number of ether oxygens (including phenoxy) is 4. The summed E-state index contributed by atoms with van der Waals surface area (Å²) in [6.45, 7) is 7.86. The van der Waals surface area contributed by atoms with E-state index < -0.39 is 17.6 Å². The van der Waals surface area contributed by atoms with Crippen molar-refractivity contribution in [3.63, 3.8) is 0 Å². The molecule has 0 aliphatic carbocycles. The van der Waals surface area contributed by atoms with Crippen LogP contribution in [0.5, 0.6) is 17.2 Å². The van der Waals surface area contributed by atoms with Gasteiger partial charge in [-0.05, 0) is 64.7 Å². The van der Waals surface area contributed by atoms with E-state index in [1.165, 1.54) is 21.3 Å². The maximum Gasteiger partial charge on any atom is 0.329 e. The third-order valence-electron chi connectivity index (χ3n) is 5.02. The number of benzene rings is 1. The predicted molar refractivity (Wildman–Crippen MR) is 110 cm³/mol. The van der Waals surface area contributed by atoms with Crippen LogP contribution in [0.15, 0.2) is 12.1 Å². The molecule has 29 heavy (non-hydrogen) atoms. The first-order valence-corrected chi connectivity index (χ1v) is 9.96. The van der Waals surface area contributed by atoms with Crippen molar-refractivity contribution in [2.75, 3.05) is 27.9 Å². The lowest BCUT2D eigenvalue weighted by molar-refractivity contribution is -0.166. The van der Waals surface area contributed by atoms with Gasteiger partial charge in [-0.15, -0.1) is 0 Å². The van der Waals surface area contributed by atoms with E-state index in [9.17, 15) is 9.59 Å². The Bertz CT molecular complexity index is 714. The van der Waals surface area contributed by atoms with Crippen LogP contribution in [0.1, 0.15) is 58.4 Å². The third-order valence-corrected chi connectivity index (χ3v) is 5.02. The van der Waals surface area contributed by atoms with Gasteiger partial charge in [0.2, 0.25) is 11.7 Å². The quantitative estimate of drug-likeness (QED) is 0.672. The molecule has 0 saturated carbocycles. The Morgan fingerprint density at radius 3 is 2.10 bits per heavy atom. The summed E-state index contributed by atoms with van der Waals surface area (Å²) in [7, 11) is 4.61. The SMILES string of the molecule is COc1cc([C@H](C)C(=O)N2CCCC[C@H]2C(=O)OC(C)(C)C)cc(OC)c1OC. The molecule has 1 aromatic carbocycles. The zero-order valence-corrected chi connectivity index (χ0v) is 18.5. The molecule has 0 unspecified atom stereocenters. The first kappa shape index (κ1) is 22.8. The molecule has 0 bridgehead atoms. The van der Waals surface area contributed by atoms with E-state index >= 15 is 0 Å². The summed E-state index contributed by atoms with van der Waals surface area (Å²) in [4.78, 5) is 27.7. The molecule has 1 saturated heterocycles. The summed E-state index contributed by atoms with van der Waals surface area (Å²) >= 11 is 0. The van der Waals surface area contributed by atoms with Crippen LogP contribution in [0.25, 0.3) is 0 Å². The molecule has 1 fully saturated rings. The van der Waals surface area contributed by atoms with Crippen LogP contribution in [0.2, 0.25) is 0 Å². The Kier molecular flexibility index (Phi) is 7.38. The van der Waals surface area contributed by atoms with E-state index in [1.807, 2.05) is 27.7 Å². The summed E-state index contributed by atoms with van der Waals surface area (Å²) in [6.07, 6.45) is 2.38. The van der Waals surface area contributed by atoms with E-state index in [0.717, 1.165) is 18.4 Å². The van der Waals surface area contributed by atoms with Crippen molar-refractivity contribution in [3.05, 3.63) is 17.7 Å². The Morgan fingerprint density at radius 2 is 1.62 bits per heavy atom. The molecule has 2 rings (SSSR count). The maximum absolute atomic E-state index is 13.3. The highest BCUT2D eigenvalue weighted by molar-refractivity contribution is 5.89.